The Bertz CT molecular complexity index is 494. The molecular weight excluding hydrogens is 272 g/mol. The van der Waals surface area contributed by atoms with Crippen molar-refractivity contribution in [1.82, 2.24) is 4.90 Å². The van der Waals surface area contributed by atoms with Gasteiger partial charge in [0, 0.05) is 24.2 Å². The maximum absolute atomic E-state index is 13.6. The van der Waals surface area contributed by atoms with Crippen LogP contribution in [-0.4, -0.2) is 30.1 Å². The summed E-state index contributed by atoms with van der Waals surface area (Å²) in [5.41, 5.74) is -0.684. The van der Waals surface area contributed by atoms with Crippen molar-refractivity contribution in [2.45, 2.75) is 43.8 Å². The van der Waals surface area contributed by atoms with Crippen LogP contribution in [0.25, 0.3) is 0 Å². The third-order valence-electron chi connectivity index (χ3n) is 4.56. The van der Waals surface area contributed by atoms with Crippen molar-refractivity contribution in [1.29, 1.82) is 0 Å². The lowest BCUT2D eigenvalue weighted by atomic mass is 9.97. The van der Waals surface area contributed by atoms with Gasteiger partial charge in [-0.1, -0.05) is 0 Å². The third kappa shape index (κ3) is 2.16. The van der Waals surface area contributed by atoms with Gasteiger partial charge in [0.15, 0.2) is 23.3 Å². The second-order valence-corrected chi connectivity index (χ2v) is 5.71. The fraction of sp³-hybridized carbons (Fsp3) is 0.571. The predicted molar refractivity (Wildman–Crippen MR) is 67.5 cm³/mol. The number of anilines is 1. The molecule has 0 saturated carbocycles. The summed E-state index contributed by atoms with van der Waals surface area (Å²) in [7, 11) is 2.04. The van der Waals surface area contributed by atoms with E-state index in [9.17, 15) is 17.6 Å². The Balaban J connectivity index is 1.82. The molecule has 20 heavy (non-hydrogen) atoms. The van der Waals surface area contributed by atoms with E-state index in [4.69, 9.17) is 0 Å². The van der Waals surface area contributed by atoms with Crippen molar-refractivity contribution >= 4 is 5.69 Å². The molecule has 3 rings (SSSR count). The quantitative estimate of drug-likeness (QED) is 0.663. The molecule has 2 aliphatic heterocycles. The highest BCUT2D eigenvalue weighted by Gasteiger charge is 2.39. The first-order valence-electron chi connectivity index (χ1n) is 6.79. The van der Waals surface area contributed by atoms with Gasteiger partial charge in [-0.3, -0.25) is 0 Å². The van der Waals surface area contributed by atoms with E-state index in [1.165, 1.54) is 0 Å². The largest absolute Gasteiger partial charge is 0.377 e. The summed E-state index contributed by atoms with van der Waals surface area (Å²) < 4.78 is 53.6. The molecule has 0 amide bonds. The lowest BCUT2D eigenvalue weighted by Crippen LogP contribution is -2.44. The maximum Gasteiger partial charge on any atom is 0.185 e. The molecule has 2 saturated heterocycles. The molecule has 0 aromatic heterocycles. The molecule has 2 nitrogen and oxygen atoms in total. The Labute approximate surface area is 114 Å². The van der Waals surface area contributed by atoms with Crippen LogP contribution < -0.4 is 5.32 Å². The number of fused-ring (bicyclic) bond motifs is 2. The molecular formula is C14H16F4N2. The van der Waals surface area contributed by atoms with Crippen molar-refractivity contribution in [2.75, 3.05) is 12.4 Å². The minimum Gasteiger partial charge on any atom is -0.377 e. The molecule has 6 heteroatoms. The SMILES string of the molecule is CN1C2CCC1CC(Nc1c(F)c(F)cc(F)c1F)C2. The molecule has 2 heterocycles. The van der Waals surface area contributed by atoms with Gasteiger partial charge in [0.05, 0.1) is 0 Å². The maximum atomic E-state index is 13.6. The van der Waals surface area contributed by atoms with Crippen LogP contribution in [0.3, 0.4) is 0 Å². The monoisotopic (exact) mass is 288 g/mol. The van der Waals surface area contributed by atoms with Crippen LogP contribution in [0.1, 0.15) is 25.7 Å². The van der Waals surface area contributed by atoms with Crippen molar-refractivity contribution in [3.8, 4) is 0 Å². The zero-order chi connectivity index (χ0) is 14.4. The van der Waals surface area contributed by atoms with Crippen LogP contribution >= 0.6 is 0 Å². The molecule has 1 aromatic rings. The second-order valence-electron chi connectivity index (χ2n) is 5.71. The van der Waals surface area contributed by atoms with E-state index in [0.717, 1.165) is 25.7 Å². The highest BCUT2D eigenvalue weighted by atomic mass is 19.2. The van der Waals surface area contributed by atoms with Gasteiger partial charge in [-0.2, -0.15) is 0 Å². The number of halogens is 4. The van der Waals surface area contributed by atoms with Crippen LogP contribution in [-0.2, 0) is 0 Å². The molecule has 0 radical (unpaired) electrons. The first-order valence-corrected chi connectivity index (χ1v) is 6.79. The molecule has 0 aliphatic carbocycles. The minimum atomic E-state index is -1.37. The number of hydrogen-bond donors (Lipinski definition) is 1. The van der Waals surface area contributed by atoms with Gasteiger partial charge >= 0.3 is 0 Å². The summed E-state index contributed by atoms with van der Waals surface area (Å²) in [6.07, 6.45) is 3.57. The van der Waals surface area contributed by atoms with E-state index in [-0.39, 0.29) is 12.1 Å². The zero-order valence-corrected chi connectivity index (χ0v) is 11.1. The fourth-order valence-electron chi connectivity index (χ4n) is 3.43. The van der Waals surface area contributed by atoms with E-state index in [1.54, 1.807) is 0 Å². The lowest BCUT2D eigenvalue weighted by Gasteiger charge is -2.37. The van der Waals surface area contributed by atoms with Crippen molar-refractivity contribution in [3.63, 3.8) is 0 Å². The van der Waals surface area contributed by atoms with Crippen molar-refractivity contribution < 1.29 is 17.6 Å². The number of nitrogens with one attached hydrogen (secondary N) is 1. The normalized spacial score (nSPS) is 29.8. The molecule has 2 aliphatic rings. The predicted octanol–water partition coefficient (Wildman–Crippen LogP) is 3.28. The van der Waals surface area contributed by atoms with E-state index in [1.807, 2.05) is 7.05 Å². The first-order chi connectivity index (χ1) is 9.47. The summed E-state index contributed by atoms with van der Waals surface area (Å²) in [6, 6.07) is 0.814. The summed E-state index contributed by atoms with van der Waals surface area (Å²) in [6.45, 7) is 0. The molecule has 2 fully saturated rings. The van der Waals surface area contributed by atoms with Gasteiger partial charge in [-0.15, -0.1) is 0 Å². The topological polar surface area (TPSA) is 15.3 Å². The zero-order valence-electron chi connectivity index (χ0n) is 11.1. The van der Waals surface area contributed by atoms with Gasteiger partial charge in [-0.25, -0.2) is 17.6 Å². The van der Waals surface area contributed by atoms with E-state index in [2.05, 4.69) is 10.2 Å². The minimum absolute atomic E-state index is 0.158. The van der Waals surface area contributed by atoms with Crippen LogP contribution in [0.15, 0.2) is 6.07 Å². The summed E-state index contributed by atoms with van der Waals surface area (Å²) >= 11 is 0. The second kappa shape index (κ2) is 4.91. The number of benzene rings is 1. The number of rotatable bonds is 2. The van der Waals surface area contributed by atoms with Crippen molar-refractivity contribution in [3.05, 3.63) is 29.3 Å². The van der Waals surface area contributed by atoms with Crippen LogP contribution in [0.2, 0.25) is 0 Å². The Kier molecular flexibility index (Phi) is 3.36. The number of hydrogen-bond acceptors (Lipinski definition) is 2. The third-order valence-corrected chi connectivity index (χ3v) is 4.56. The van der Waals surface area contributed by atoms with Crippen LogP contribution in [0.4, 0.5) is 23.2 Å². The van der Waals surface area contributed by atoms with Crippen LogP contribution in [0, 0.1) is 23.3 Å². The molecule has 2 bridgehead atoms. The summed E-state index contributed by atoms with van der Waals surface area (Å²) in [5.74, 6) is -5.45. The smallest absolute Gasteiger partial charge is 0.185 e. The molecule has 1 aromatic carbocycles. The summed E-state index contributed by atoms with van der Waals surface area (Å²) in [4.78, 5) is 2.27. The first kappa shape index (κ1) is 13.7. The molecule has 1 N–H and O–H groups in total. The average molecular weight is 288 g/mol. The summed E-state index contributed by atoms with van der Waals surface area (Å²) in [5, 5.41) is 2.66. The molecule has 110 valence electrons. The average Bonchev–Trinajstić information content (AvgIpc) is 2.64. The Morgan fingerprint density at radius 1 is 1.00 bits per heavy atom. The van der Waals surface area contributed by atoms with E-state index in [0.29, 0.717) is 12.1 Å². The van der Waals surface area contributed by atoms with Gasteiger partial charge in [-0.05, 0) is 32.7 Å². The van der Waals surface area contributed by atoms with E-state index >= 15 is 0 Å². The van der Waals surface area contributed by atoms with Gasteiger partial charge < -0.3 is 10.2 Å². The van der Waals surface area contributed by atoms with Gasteiger partial charge in [0.2, 0.25) is 0 Å². The molecule has 2 unspecified atom stereocenters. The number of piperidine rings is 1. The molecule has 2 atom stereocenters. The highest BCUT2D eigenvalue weighted by Crippen LogP contribution is 2.36. The number of nitrogens with zero attached hydrogens (tertiary/aromatic N) is 1. The Hall–Kier alpha value is -1.30. The highest BCUT2D eigenvalue weighted by molar-refractivity contribution is 5.48. The Morgan fingerprint density at radius 2 is 1.50 bits per heavy atom. The Morgan fingerprint density at radius 3 is 2.00 bits per heavy atom. The van der Waals surface area contributed by atoms with E-state index < -0.39 is 29.0 Å². The van der Waals surface area contributed by atoms with Gasteiger partial charge in [0.1, 0.15) is 5.69 Å². The molecule has 0 spiro atoms. The fourth-order valence-corrected chi connectivity index (χ4v) is 3.43. The van der Waals surface area contributed by atoms with Gasteiger partial charge in [0.25, 0.3) is 0 Å². The van der Waals surface area contributed by atoms with Crippen LogP contribution in [0.5, 0.6) is 0 Å². The van der Waals surface area contributed by atoms with Crippen molar-refractivity contribution in [2.24, 2.45) is 0 Å². The standard InChI is InChI=1S/C14H16F4N2/c1-20-8-2-3-9(20)5-7(4-8)19-14-12(17)10(15)6-11(16)13(14)18/h6-9,19H,2-5H2,1H3. The lowest BCUT2D eigenvalue weighted by molar-refractivity contribution is 0.168.